The van der Waals surface area contributed by atoms with Crippen molar-refractivity contribution in [1.29, 1.82) is 0 Å². The number of anilines is 1. The normalized spacial score (nSPS) is 11.6. The van der Waals surface area contributed by atoms with Crippen LogP contribution in [0.2, 0.25) is 0 Å². The van der Waals surface area contributed by atoms with Gasteiger partial charge in [-0.2, -0.15) is 5.10 Å². The molecule has 17 heavy (non-hydrogen) atoms. The van der Waals surface area contributed by atoms with Crippen LogP contribution in [0, 0.1) is 5.41 Å². The molecule has 0 amide bonds. The van der Waals surface area contributed by atoms with Gasteiger partial charge < -0.3 is 4.90 Å². The molecule has 0 radical (unpaired) electrons. The summed E-state index contributed by atoms with van der Waals surface area (Å²) in [6.07, 6.45) is 1.75. The first-order valence-corrected chi connectivity index (χ1v) is 6.86. The third-order valence-electron chi connectivity index (χ3n) is 2.71. The lowest BCUT2D eigenvalue weighted by Crippen LogP contribution is -2.32. The van der Waals surface area contributed by atoms with Gasteiger partial charge in [-0.05, 0) is 12.3 Å². The van der Waals surface area contributed by atoms with Crippen LogP contribution in [-0.4, -0.2) is 28.7 Å². The topological polar surface area (TPSA) is 38.1 Å². The Balaban J connectivity index is 2.95. The number of rotatable bonds is 5. The summed E-state index contributed by atoms with van der Waals surface area (Å²) in [5, 5.41) is 5.06. The van der Waals surface area contributed by atoms with Gasteiger partial charge in [-0.25, -0.2) is 4.68 Å². The molecule has 0 N–H and O–H groups in total. The molecule has 0 saturated heterocycles. The molecule has 0 unspecified atom stereocenters. The lowest BCUT2D eigenvalue weighted by molar-refractivity contribution is 0.326. The molecule has 96 valence electrons. The van der Waals surface area contributed by atoms with Crippen molar-refractivity contribution in [2.75, 3.05) is 23.8 Å². The molecule has 0 fully saturated rings. The van der Waals surface area contributed by atoms with Gasteiger partial charge in [0.25, 0.3) is 5.56 Å². The summed E-state index contributed by atoms with van der Waals surface area (Å²) in [6, 6.07) is 1.64. The van der Waals surface area contributed by atoms with Gasteiger partial charge in [0.05, 0.1) is 18.4 Å². The molecule has 1 aromatic heterocycles. The zero-order valence-electron chi connectivity index (χ0n) is 10.9. The standard InChI is InChI=1S/C12H20BrN3O/c1-5-15(4)10-6-11(17)16(14-7-10)9-12(2,3)8-13/h6-7H,5,8-9H2,1-4H3. The van der Waals surface area contributed by atoms with Gasteiger partial charge in [0.2, 0.25) is 0 Å². The molecule has 0 saturated carbocycles. The van der Waals surface area contributed by atoms with E-state index in [1.54, 1.807) is 12.3 Å². The Morgan fingerprint density at radius 3 is 2.65 bits per heavy atom. The second-order valence-corrected chi connectivity index (χ2v) is 5.58. The average molecular weight is 302 g/mol. The first kappa shape index (κ1) is 14.2. The molecular weight excluding hydrogens is 282 g/mol. The minimum atomic E-state index is -0.0446. The van der Waals surface area contributed by atoms with E-state index in [0.29, 0.717) is 6.54 Å². The Kier molecular flexibility index (Phi) is 4.74. The molecule has 1 heterocycles. The summed E-state index contributed by atoms with van der Waals surface area (Å²) < 4.78 is 1.52. The predicted octanol–water partition coefficient (Wildman–Crippen LogP) is 2.12. The van der Waals surface area contributed by atoms with E-state index >= 15 is 0 Å². The van der Waals surface area contributed by atoms with Gasteiger partial charge in [-0.15, -0.1) is 0 Å². The maximum atomic E-state index is 11.9. The van der Waals surface area contributed by atoms with E-state index in [2.05, 4.69) is 34.9 Å². The minimum Gasteiger partial charge on any atom is -0.373 e. The molecule has 0 atom stereocenters. The maximum Gasteiger partial charge on any atom is 0.268 e. The first-order chi connectivity index (χ1) is 7.89. The first-order valence-electron chi connectivity index (χ1n) is 5.74. The van der Waals surface area contributed by atoms with Gasteiger partial charge in [-0.1, -0.05) is 29.8 Å². The van der Waals surface area contributed by atoms with E-state index in [1.807, 2.05) is 18.9 Å². The third kappa shape index (κ3) is 3.84. The highest BCUT2D eigenvalue weighted by molar-refractivity contribution is 9.09. The molecule has 0 aromatic carbocycles. The van der Waals surface area contributed by atoms with Gasteiger partial charge in [0, 0.05) is 25.0 Å². The molecule has 1 aromatic rings. The third-order valence-corrected chi connectivity index (χ3v) is 4.23. The van der Waals surface area contributed by atoms with Crippen molar-refractivity contribution in [2.24, 2.45) is 5.41 Å². The zero-order chi connectivity index (χ0) is 13.1. The van der Waals surface area contributed by atoms with Crippen molar-refractivity contribution in [3.8, 4) is 0 Å². The summed E-state index contributed by atoms with van der Waals surface area (Å²) in [5.41, 5.74) is 0.844. The molecule has 5 heteroatoms. The number of hydrogen-bond acceptors (Lipinski definition) is 3. The van der Waals surface area contributed by atoms with Gasteiger partial charge in [0.1, 0.15) is 0 Å². The van der Waals surface area contributed by atoms with Crippen LogP contribution < -0.4 is 10.5 Å². The predicted molar refractivity (Wildman–Crippen MR) is 75.0 cm³/mol. The van der Waals surface area contributed by atoms with Gasteiger partial charge in [-0.3, -0.25) is 4.79 Å². The fourth-order valence-corrected chi connectivity index (χ4v) is 1.56. The molecule has 1 rings (SSSR count). The molecule has 0 aliphatic heterocycles. The fourth-order valence-electron chi connectivity index (χ4n) is 1.38. The quantitative estimate of drug-likeness (QED) is 0.782. The number of halogens is 1. The van der Waals surface area contributed by atoms with Crippen molar-refractivity contribution < 1.29 is 0 Å². The van der Waals surface area contributed by atoms with Crippen LogP contribution in [0.4, 0.5) is 5.69 Å². The van der Waals surface area contributed by atoms with Crippen LogP contribution in [0.1, 0.15) is 20.8 Å². The SMILES string of the molecule is CCN(C)c1cnn(CC(C)(C)CBr)c(=O)c1. The van der Waals surface area contributed by atoms with E-state index in [9.17, 15) is 4.79 Å². The van der Waals surface area contributed by atoms with Crippen molar-refractivity contribution in [2.45, 2.75) is 27.3 Å². The van der Waals surface area contributed by atoms with Crippen LogP contribution in [0.15, 0.2) is 17.1 Å². The minimum absolute atomic E-state index is 0.0228. The van der Waals surface area contributed by atoms with Crippen LogP contribution in [0.25, 0.3) is 0 Å². The molecule has 0 aliphatic rings. The van der Waals surface area contributed by atoms with E-state index in [4.69, 9.17) is 0 Å². The summed E-state index contributed by atoms with van der Waals surface area (Å²) in [5.74, 6) is 0. The Hall–Kier alpha value is -0.840. The van der Waals surface area contributed by atoms with Gasteiger partial charge >= 0.3 is 0 Å². The molecule has 0 bridgehead atoms. The number of aromatic nitrogens is 2. The molecular formula is C12H20BrN3O. The number of nitrogens with zero attached hydrogens (tertiary/aromatic N) is 3. The Morgan fingerprint density at radius 2 is 2.18 bits per heavy atom. The number of alkyl halides is 1. The monoisotopic (exact) mass is 301 g/mol. The van der Waals surface area contributed by atoms with E-state index < -0.39 is 0 Å². The van der Waals surface area contributed by atoms with E-state index in [1.165, 1.54) is 4.68 Å². The molecule has 0 spiro atoms. The summed E-state index contributed by atoms with van der Waals surface area (Å²) in [7, 11) is 1.95. The van der Waals surface area contributed by atoms with Crippen LogP contribution in [0.5, 0.6) is 0 Å². The zero-order valence-corrected chi connectivity index (χ0v) is 12.5. The smallest absolute Gasteiger partial charge is 0.268 e. The van der Waals surface area contributed by atoms with Crippen molar-refractivity contribution in [1.82, 2.24) is 9.78 Å². The van der Waals surface area contributed by atoms with E-state index in [0.717, 1.165) is 17.6 Å². The maximum absolute atomic E-state index is 11.9. The van der Waals surface area contributed by atoms with Crippen LogP contribution >= 0.6 is 15.9 Å². The molecule has 0 aliphatic carbocycles. The number of hydrogen-bond donors (Lipinski definition) is 0. The Morgan fingerprint density at radius 1 is 1.53 bits per heavy atom. The summed E-state index contributed by atoms with van der Waals surface area (Å²) >= 11 is 3.45. The lowest BCUT2D eigenvalue weighted by atomic mass is 9.97. The van der Waals surface area contributed by atoms with Crippen LogP contribution in [-0.2, 0) is 6.54 Å². The second-order valence-electron chi connectivity index (χ2n) is 5.02. The van der Waals surface area contributed by atoms with Crippen molar-refractivity contribution >= 4 is 21.6 Å². The summed E-state index contributed by atoms with van der Waals surface area (Å²) in [6.45, 7) is 7.72. The largest absolute Gasteiger partial charge is 0.373 e. The lowest BCUT2D eigenvalue weighted by Gasteiger charge is -2.22. The van der Waals surface area contributed by atoms with Crippen LogP contribution in [0.3, 0.4) is 0 Å². The highest BCUT2D eigenvalue weighted by Gasteiger charge is 2.18. The highest BCUT2D eigenvalue weighted by atomic mass is 79.9. The van der Waals surface area contributed by atoms with Crippen molar-refractivity contribution in [3.63, 3.8) is 0 Å². The van der Waals surface area contributed by atoms with E-state index in [-0.39, 0.29) is 11.0 Å². The summed E-state index contributed by atoms with van der Waals surface area (Å²) in [4.78, 5) is 13.9. The molecule has 4 nitrogen and oxygen atoms in total. The fraction of sp³-hybridized carbons (Fsp3) is 0.667. The van der Waals surface area contributed by atoms with Crippen molar-refractivity contribution in [3.05, 3.63) is 22.6 Å². The van der Waals surface area contributed by atoms with Gasteiger partial charge in [0.15, 0.2) is 0 Å². The second kappa shape index (κ2) is 5.67. The Labute approximate surface area is 111 Å². The Bertz CT molecular complexity index is 428. The highest BCUT2D eigenvalue weighted by Crippen LogP contribution is 2.19. The average Bonchev–Trinajstić information content (AvgIpc) is 2.30.